The molecule has 3 aromatic rings. The zero-order chi connectivity index (χ0) is 25.5. The second kappa shape index (κ2) is 11.6. The Bertz CT molecular complexity index is 1230. The quantitative estimate of drug-likeness (QED) is 0.282. The first-order valence-corrected chi connectivity index (χ1v) is 13.2. The fourth-order valence-electron chi connectivity index (χ4n) is 3.18. The Morgan fingerprint density at radius 2 is 1.66 bits per heavy atom. The molecule has 0 saturated heterocycles. The van der Waals surface area contributed by atoms with E-state index in [-0.39, 0.29) is 10.6 Å². The molecule has 0 aromatic heterocycles. The highest BCUT2D eigenvalue weighted by atomic mass is 32.2. The largest absolute Gasteiger partial charge is 0.416 e. The number of hydrogen-bond acceptors (Lipinski definition) is 4. The summed E-state index contributed by atoms with van der Waals surface area (Å²) in [6.07, 6.45) is -4.02. The van der Waals surface area contributed by atoms with Crippen LogP contribution in [0.1, 0.15) is 17.5 Å². The lowest BCUT2D eigenvalue weighted by Gasteiger charge is -2.25. The number of alkyl halides is 3. The van der Waals surface area contributed by atoms with Crippen molar-refractivity contribution in [1.29, 1.82) is 0 Å². The molecule has 0 aliphatic carbocycles. The number of anilines is 1. The minimum Gasteiger partial charge on any atom is -0.354 e. The summed E-state index contributed by atoms with van der Waals surface area (Å²) in [4.78, 5) is 13.6. The number of halogens is 3. The Labute approximate surface area is 207 Å². The molecule has 35 heavy (non-hydrogen) atoms. The SMILES string of the molecule is Cc1ccc(SCCCNC(=O)CN(c2cccc(C(F)(F)F)c2)S(=O)(=O)c2ccccc2)cc1. The van der Waals surface area contributed by atoms with Gasteiger partial charge in [-0.15, -0.1) is 11.8 Å². The number of nitrogens with one attached hydrogen (secondary N) is 1. The van der Waals surface area contributed by atoms with Crippen molar-refractivity contribution >= 4 is 33.4 Å². The van der Waals surface area contributed by atoms with E-state index >= 15 is 0 Å². The van der Waals surface area contributed by atoms with Gasteiger partial charge in [-0.3, -0.25) is 9.10 Å². The molecule has 3 rings (SSSR count). The van der Waals surface area contributed by atoms with Gasteiger partial charge in [0.15, 0.2) is 0 Å². The molecule has 0 fully saturated rings. The summed E-state index contributed by atoms with van der Waals surface area (Å²) >= 11 is 1.63. The molecule has 0 radical (unpaired) electrons. The maximum absolute atomic E-state index is 13.2. The molecule has 0 saturated carbocycles. The average Bonchev–Trinajstić information content (AvgIpc) is 2.83. The van der Waals surface area contributed by atoms with Gasteiger partial charge in [-0.25, -0.2) is 8.42 Å². The molecule has 1 N–H and O–H groups in total. The molecule has 0 aliphatic rings. The predicted octanol–water partition coefficient (Wildman–Crippen LogP) is 5.51. The van der Waals surface area contributed by atoms with Crippen molar-refractivity contribution in [3.05, 3.63) is 90.0 Å². The van der Waals surface area contributed by atoms with Crippen molar-refractivity contribution in [2.24, 2.45) is 0 Å². The summed E-state index contributed by atoms with van der Waals surface area (Å²) in [5, 5.41) is 2.67. The van der Waals surface area contributed by atoms with Crippen LogP contribution in [0, 0.1) is 6.92 Å². The van der Waals surface area contributed by atoms with Crippen molar-refractivity contribution in [2.45, 2.75) is 29.3 Å². The van der Waals surface area contributed by atoms with E-state index in [2.05, 4.69) is 5.32 Å². The molecular weight excluding hydrogens is 497 g/mol. The highest BCUT2D eigenvalue weighted by Crippen LogP contribution is 2.33. The molecule has 0 unspecified atom stereocenters. The lowest BCUT2D eigenvalue weighted by atomic mass is 10.2. The Morgan fingerprint density at radius 3 is 2.31 bits per heavy atom. The number of amides is 1. The van der Waals surface area contributed by atoms with Crippen LogP contribution in [0.25, 0.3) is 0 Å². The van der Waals surface area contributed by atoms with Crippen LogP contribution in [0.3, 0.4) is 0 Å². The minimum atomic E-state index is -4.66. The van der Waals surface area contributed by atoms with E-state index in [1.54, 1.807) is 17.8 Å². The van der Waals surface area contributed by atoms with E-state index in [0.717, 1.165) is 34.4 Å². The molecule has 0 heterocycles. The maximum Gasteiger partial charge on any atom is 0.416 e. The van der Waals surface area contributed by atoms with E-state index in [1.165, 1.54) is 30.3 Å². The molecule has 1 amide bonds. The number of thioether (sulfide) groups is 1. The monoisotopic (exact) mass is 522 g/mol. The highest BCUT2D eigenvalue weighted by Gasteiger charge is 2.33. The molecular formula is C25H25F3N2O3S2. The maximum atomic E-state index is 13.2. The van der Waals surface area contributed by atoms with Gasteiger partial charge < -0.3 is 5.32 Å². The standard InChI is InChI=1S/C25H25F3N2O3S2/c1-19-11-13-22(14-12-19)34-16-6-15-29-24(31)18-30(35(32,33)23-9-3-2-4-10-23)21-8-5-7-20(17-21)25(26,27)28/h2-5,7-14,17H,6,15-16,18H2,1H3,(H,29,31). The van der Waals surface area contributed by atoms with Crippen LogP contribution in [0.4, 0.5) is 18.9 Å². The van der Waals surface area contributed by atoms with Crippen LogP contribution in [-0.4, -0.2) is 33.2 Å². The topological polar surface area (TPSA) is 66.5 Å². The van der Waals surface area contributed by atoms with Crippen LogP contribution in [0.15, 0.2) is 88.7 Å². The van der Waals surface area contributed by atoms with Crippen LogP contribution < -0.4 is 9.62 Å². The molecule has 3 aromatic carbocycles. The molecule has 0 atom stereocenters. The number of benzene rings is 3. The zero-order valence-electron chi connectivity index (χ0n) is 19.0. The number of aryl methyl sites for hydroxylation is 1. The first-order chi connectivity index (χ1) is 16.6. The average molecular weight is 523 g/mol. The van der Waals surface area contributed by atoms with Crippen LogP contribution in [-0.2, 0) is 21.0 Å². The van der Waals surface area contributed by atoms with E-state index in [0.29, 0.717) is 17.3 Å². The Morgan fingerprint density at radius 1 is 0.971 bits per heavy atom. The summed E-state index contributed by atoms with van der Waals surface area (Å²) in [7, 11) is -4.29. The second-order valence-electron chi connectivity index (χ2n) is 7.74. The number of nitrogens with zero attached hydrogens (tertiary/aromatic N) is 1. The van der Waals surface area contributed by atoms with Gasteiger partial charge >= 0.3 is 6.18 Å². The van der Waals surface area contributed by atoms with Crippen molar-refractivity contribution in [1.82, 2.24) is 5.32 Å². The van der Waals surface area contributed by atoms with Gasteiger partial charge in [-0.05, 0) is 61.6 Å². The third-order valence-corrected chi connectivity index (χ3v) is 7.90. The molecule has 0 bridgehead atoms. The van der Waals surface area contributed by atoms with Gasteiger partial charge in [-0.1, -0.05) is 42.0 Å². The molecule has 0 spiro atoms. The highest BCUT2D eigenvalue weighted by molar-refractivity contribution is 7.99. The van der Waals surface area contributed by atoms with Gasteiger partial charge in [0, 0.05) is 11.4 Å². The van der Waals surface area contributed by atoms with Gasteiger partial charge in [0.05, 0.1) is 16.1 Å². The summed E-state index contributed by atoms with van der Waals surface area (Å²) in [6.45, 7) is 1.66. The number of carbonyl (C=O) groups excluding carboxylic acids is 1. The minimum absolute atomic E-state index is 0.125. The van der Waals surface area contributed by atoms with Crippen LogP contribution >= 0.6 is 11.8 Å². The van der Waals surface area contributed by atoms with Crippen molar-refractivity contribution in [2.75, 3.05) is 23.1 Å². The van der Waals surface area contributed by atoms with Crippen molar-refractivity contribution < 1.29 is 26.4 Å². The molecule has 186 valence electrons. The summed E-state index contributed by atoms with van der Waals surface area (Å²) in [5.41, 5.74) is -0.0806. The lowest BCUT2D eigenvalue weighted by molar-refractivity contribution is -0.137. The Balaban J connectivity index is 1.70. The number of rotatable bonds is 10. The van der Waals surface area contributed by atoms with Gasteiger partial charge in [0.2, 0.25) is 5.91 Å². The smallest absolute Gasteiger partial charge is 0.354 e. The van der Waals surface area contributed by atoms with E-state index in [4.69, 9.17) is 0 Å². The predicted molar refractivity (Wildman–Crippen MR) is 132 cm³/mol. The van der Waals surface area contributed by atoms with Crippen molar-refractivity contribution in [3.8, 4) is 0 Å². The second-order valence-corrected chi connectivity index (χ2v) is 10.8. The third-order valence-electron chi connectivity index (χ3n) is 5.01. The normalized spacial score (nSPS) is 11.8. The summed E-state index contributed by atoms with van der Waals surface area (Å²) in [6, 6.07) is 19.3. The van der Waals surface area contributed by atoms with Gasteiger partial charge in [0.1, 0.15) is 6.54 Å². The van der Waals surface area contributed by atoms with E-state index < -0.39 is 34.2 Å². The van der Waals surface area contributed by atoms with E-state index in [9.17, 15) is 26.4 Å². The van der Waals surface area contributed by atoms with Crippen molar-refractivity contribution in [3.63, 3.8) is 0 Å². The molecule has 5 nitrogen and oxygen atoms in total. The molecule has 10 heteroatoms. The fraction of sp³-hybridized carbons (Fsp3) is 0.240. The fourth-order valence-corrected chi connectivity index (χ4v) is 5.47. The number of sulfonamides is 1. The Hall–Kier alpha value is -2.98. The van der Waals surface area contributed by atoms with Crippen LogP contribution in [0.5, 0.6) is 0 Å². The number of hydrogen-bond donors (Lipinski definition) is 1. The molecule has 0 aliphatic heterocycles. The first kappa shape index (κ1) is 26.6. The summed E-state index contributed by atoms with van der Waals surface area (Å²) in [5.74, 6) is 0.130. The van der Waals surface area contributed by atoms with Gasteiger partial charge in [-0.2, -0.15) is 13.2 Å². The lowest BCUT2D eigenvalue weighted by Crippen LogP contribution is -2.41. The third kappa shape index (κ3) is 7.50. The summed E-state index contributed by atoms with van der Waals surface area (Å²) < 4.78 is 66.9. The number of carbonyl (C=O) groups is 1. The van der Waals surface area contributed by atoms with Gasteiger partial charge in [0.25, 0.3) is 10.0 Å². The van der Waals surface area contributed by atoms with E-state index in [1.807, 2.05) is 31.2 Å². The first-order valence-electron chi connectivity index (χ1n) is 10.8. The zero-order valence-corrected chi connectivity index (χ0v) is 20.6. The Kier molecular flexibility index (Phi) is 8.85. The van der Waals surface area contributed by atoms with Crippen LogP contribution in [0.2, 0.25) is 0 Å².